The highest BCUT2D eigenvalue weighted by Gasteiger charge is 2.26. The monoisotopic (exact) mass is 414 g/mol. The third-order valence-corrected chi connectivity index (χ3v) is 5.79. The minimum Gasteiger partial charge on any atom is -0.318 e. The van der Waals surface area contributed by atoms with Crippen molar-refractivity contribution in [1.29, 1.82) is 0 Å². The summed E-state index contributed by atoms with van der Waals surface area (Å²) in [6, 6.07) is 17.4. The van der Waals surface area contributed by atoms with Crippen molar-refractivity contribution in [3.63, 3.8) is 0 Å². The van der Waals surface area contributed by atoms with E-state index in [4.69, 9.17) is 23.2 Å². The van der Waals surface area contributed by atoms with Crippen molar-refractivity contribution < 1.29 is 4.79 Å². The molecule has 1 atom stereocenters. The summed E-state index contributed by atoms with van der Waals surface area (Å²) in [7, 11) is 3.90. The van der Waals surface area contributed by atoms with Crippen molar-refractivity contribution in [3.8, 4) is 5.69 Å². The first-order chi connectivity index (χ1) is 13.3. The number of nitrogens with zero attached hydrogens (tertiary/aromatic N) is 2. The molecule has 2 aromatic carbocycles. The Morgan fingerprint density at radius 3 is 2.29 bits per heavy atom. The predicted molar refractivity (Wildman–Crippen MR) is 117 cm³/mol. The van der Waals surface area contributed by atoms with E-state index in [1.165, 1.54) is 0 Å². The van der Waals surface area contributed by atoms with Crippen LogP contribution in [0.15, 0.2) is 54.6 Å². The first-order valence-corrected chi connectivity index (χ1v) is 9.94. The van der Waals surface area contributed by atoms with Gasteiger partial charge in [0.2, 0.25) is 0 Å². The second-order valence-corrected chi connectivity index (χ2v) is 8.07. The minimum atomic E-state index is -0.231. The van der Waals surface area contributed by atoms with Crippen LogP contribution < -0.4 is 0 Å². The molecule has 5 heteroatoms. The van der Waals surface area contributed by atoms with Crippen molar-refractivity contribution in [2.75, 3.05) is 14.1 Å². The van der Waals surface area contributed by atoms with Gasteiger partial charge in [0, 0.05) is 22.6 Å². The number of carbonyl (C=O) groups is 1. The van der Waals surface area contributed by atoms with Gasteiger partial charge >= 0.3 is 0 Å². The number of benzene rings is 2. The molecule has 0 saturated heterocycles. The second-order valence-electron chi connectivity index (χ2n) is 7.25. The van der Waals surface area contributed by atoms with E-state index in [1.807, 2.05) is 73.8 Å². The zero-order valence-corrected chi connectivity index (χ0v) is 18.1. The fourth-order valence-corrected chi connectivity index (χ4v) is 3.85. The third-order valence-electron chi connectivity index (χ3n) is 5.06. The van der Waals surface area contributed by atoms with Gasteiger partial charge in [-0.1, -0.05) is 53.5 Å². The van der Waals surface area contributed by atoms with Gasteiger partial charge in [0.15, 0.2) is 5.78 Å². The van der Waals surface area contributed by atoms with Crippen molar-refractivity contribution in [3.05, 3.63) is 87.2 Å². The maximum Gasteiger partial charge on any atom is 0.182 e. The van der Waals surface area contributed by atoms with E-state index in [1.54, 1.807) is 6.07 Å². The molecule has 3 aromatic rings. The molecule has 1 heterocycles. The molecular weight excluding hydrogens is 391 g/mol. The maximum absolute atomic E-state index is 13.4. The summed E-state index contributed by atoms with van der Waals surface area (Å²) in [5.41, 5.74) is 4.66. The topological polar surface area (TPSA) is 25.2 Å². The van der Waals surface area contributed by atoms with E-state index in [0.29, 0.717) is 16.5 Å². The molecule has 1 unspecified atom stereocenters. The Morgan fingerprint density at radius 1 is 1.00 bits per heavy atom. The van der Waals surface area contributed by atoms with E-state index in [9.17, 15) is 4.79 Å². The Labute approximate surface area is 176 Å². The fraction of sp³-hybridized carbons (Fsp3) is 0.261. The van der Waals surface area contributed by atoms with Crippen molar-refractivity contribution >= 4 is 29.0 Å². The minimum absolute atomic E-state index is 0.119. The van der Waals surface area contributed by atoms with Crippen molar-refractivity contribution in [2.24, 2.45) is 0 Å². The number of ketones is 1. The highest BCUT2D eigenvalue weighted by Crippen LogP contribution is 2.28. The van der Waals surface area contributed by atoms with E-state index in [2.05, 4.69) is 12.1 Å². The number of likely N-dealkylation sites (N-methyl/N-ethyl adjacent to an activating group) is 1. The number of hydrogen-bond acceptors (Lipinski definition) is 2. The number of rotatable bonds is 6. The zero-order valence-electron chi connectivity index (χ0n) is 16.5. The Balaban J connectivity index is 1.98. The summed E-state index contributed by atoms with van der Waals surface area (Å²) in [4.78, 5) is 15.4. The van der Waals surface area contributed by atoms with E-state index in [-0.39, 0.29) is 11.8 Å². The lowest BCUT2D eigenvalue weighted by molar-refractivity contribution is 0.0874. The molecule has 0 aliphatic carbocycles. The summed E-state index contributed by atoms with van der Waals surface area (Å²) in [6.07, 6.45) is 0.670. The predicted octanol–water partition coefficient (Wildman–Crippen LogP) is 5.76. The largest absolute Gasteiger partial charge is 0.318 e. The molecule has 0 aliphatic heterocycles. The van der Waals surface area contributed by atoms with Crippen LogP contribution in [-0.4, -0.2) is 35.4 Å². The first kappa shape index (κ1) is 20.7. The van der Waals surface area contributed by atoms with Gasteiger partial charge in [0.05, 0.1) is 16.1 Å². The molecule has 3 rings (SSSR count). The summed E-state index contributed by atoms with van der Waals surface area (Å²) >= 11 is 12.3. The SMILES string of the molecule is Cc1cc(C(=O)C(Cc2ccccc2)N(C)C)c(C)n1-c1ccc(Cl)c(Cl)c1. The summed E-state index contributed by atoms with van der Waals surface area (Å²) in [5.74, 6) is 0.119. The lowest BCUT2D eigenvalue weighted by Gasteiger charge is -2.23. The zero-order chi connectivity index (χ0) is 20.4. The first-order valence-electron chi connectivity index (χ1n) is 9.18. The van der Waals surface area contributed by atoms with Crippen LogP contribution >= 0.6 is 23.2 Å². The highest BCUT2D eigenvalue weighted by molar-refractivity contribution is 6.42. The maximum atomic E-state index is 13.4. The van der Waals surface area contributed by atoms with Crippen LogP contribution in [0.2, 0.25) is 10.0 Å². The smallest absolute Gasteiger partial charge is 0.182 e. The van der Waals surface area contributed by atoms with Crippen LogP contribution in [0.3, 0.4) is 0 Å². The van der Waals surface area contributed by atoms with Gasteiger partial charge in [0.1, 0.15) is 0 Å². The quantitative estimate of drug-likeness (QED) is 0.479. The number of carbonyl (C=O) groups excluding carboxylic acids is 1. The van der Waals surface area contributed by atoms with Crippen LogP contribution in [0.1, 0.15) is 27.3 Å². The van der Waals surface area contributed by atoms with Crippen molar-refractivity contribution in [1.82, 2.24) is 9.47 Å². The van der Waals surface area contributed by atoms with Crippen LogP contribution in [0, 0.1) is 13.8 Å². The number of Topliss-reactive ketones (excluding diaryl/α,β-unsaturated/α-hetero) is 1. The second kappa shape index (κ2) is 8.52. The highest BCUT2D eigenvalue weighted by atomic mass is 35.5. The fourth-order valence-electron chi connectivity index (χ4n) is 3.56. The molecule has 0 fully saturated rings. The Morgan fingerprint density at radius 2 is 1.68 bits per heavy atom. The normalized spacial score (nSPS) is 12.4. The average molecular weight is 415 g/mol. The number of hydrogen-bond donors (Lipinski definition) is 0. The third kappa shape index (κ3) is 4.17. The van der Waals surface area contributed by atoms with Crippen LogP contribution in [0.5, 0.6) is 0 Å². The van der Waals surface area contributed by atoms with Gasteiger partial charge < -0.3 is 4.57 Å². The Kier molecular flexibility index (Phi) is 6.29. The standard InChI is InChI=1S/C23H24Cl2N2O/c1-15-12-19(16(2)27(15)18-10-11-20(24)21(25)14-18)23(28)22(26(3)4)13-17-8-6-5-7-9-17/h5-12,14,22H,13H2,1-4H3. The van der Waals surface area contributed by atoms with E-state index < -0.39 is 0 Å². The summed E-state index contributed by atoms with van der Waals surface area (Å²) in [5, 5.41) is 1.01. The number of halogens is 2. The Bertz CT molecular complexity index is 993. The molecule has 28 heavy (non-hydrogen) atoms. The van der Waals surface area contributed by atoms with Gasteiger partial charge in [-0.15, -0.1) is 0 Å². The van der Waals surface area contributed by atoms with E-state index >= 15 is 0 Å². The van der Waals surface area contributed by atoms with Crippen LogP contribution in [-0.2, 0) is 6.42 Å². The van der Waals surface area contributed by atoms with Gasteiger partial charge in [0.25, 0.3) is 0 Å². The van der Waals surface area contributed by atoms with E-state index in [0.717, 1.165) is 28.2 Å². The molecule has 0 aliphatic rings. The average Bonchev–Trinajstić information content (AvgIpc) is 2.96. The Hall–Kier alpha value is -2.07. The molecule has 0 radical (unpaired) electrons. The van der Waals surface area contributed by atoms with Crippen molar-refractivity contribution in [2.45, 2.75) is 26.3 Å². The van der Waals surface area contributed by atoms with Gasteiger partial charge in [-0.25, -0.2) is 0 Å². The van der Waals surface area contributed by atoms with Crippen LogP contribution in [0.4, 0.5) is 0 Å². The summed E-state index contributed by atoms with van der Waals surface area (Å²) in [6.45, 7) is 3.96. The lowest BCUT2D eigenvalue weighted by Crippen LogP contribution is -2.38. The summed E-state index contributed by atoms with van der Waals surface area (Å²) < 4.78 is 2.05. The molecule has 0 saturated carbocycles. The van der Waals surface area contributed by atoms with Gasteiger partial charge in [-0.05, 0) is 64.2 Å². The molecule has 0 bridgehead atoms. The number of aromatic nitrogens is 1. The molecule has 3 nitrogen and oxygen atoms in total. The molecule has 0 amide bonds. The van der Waals surface area contributed by atoms with Gasteiger partial charge in [-0.3, -0.25) is 9.69 Å². The van der Waals surface area contributed by atoms with Gasteiger partial charge in [-0.2, -0.15) is 0 Å². The lowest BCUT2D eigenvalue weighted by atomic mass is 9.97. The molecule has 1 aromatic heterocycles. The number of aryl methyl sites for hydroxylation is 1. The molecule has 0 N–H and O–H groups in total. The molecule has 146 valence electrons. The molecule has 0 spiro atoms. The van der Waals surface area contributed by atoms with Crippen LogP contribution in [0.25, 0.3) is 5.69 Å². The molecular formula is C23H24Cl2N2O.